The molecule has 2 amide bonds. The number of nitrogens with one attached hydrogen (secondary N) is 2. The van der Waals surface area contributed by atoms with E-state index in [0.29, 0.717) is 19.3 Å². The summed E-state index contributed by atoms with van der Waals surface area (Å²) in [5, 5.41) is 14.0. The largest absolute Gasteiger partial charge is 0.481 e. The quantitative estimate of drug-likeness (QED) is 0.790. The molecule has 0 bridgehead atoms. The van der Waals surface area contributed by atoms with Gasteiger partial charge in [0.25, 0.3) is 5.91 Å². The van der Waals surface area contributed by atoms with Crippen molar-refractivity contribution in [3.63, 3.8) is 0 Å². The molecule has 0 aliphatic heterocycles. The molecule has 0 unspecified atom stereocenters. The van der Waals surface area contributed by atoms with Gasteiger partial charge in [-0.15, -0.1) is 0 Å². The number of carboxylic acids is 1. The number of hydrogen-bond donors (Lipinski definition) is 3. The number of halogens is 1. The van der Waals surface area contributed by atoms with Gasteiger partial charge in [0, 0.05) is 18.5 Å². The summed E-state index contributed by atoms with van der Waals surface area (Å²) in [7, 11) is 0. The second kappa shape index (κ2) is 6.55. The fourth-order valence-corrected chi connectivity index (χ4v) is 2.56. The fourth-order valence-electron chi connectivity index (χ4n) is 2.56. The molecule has 2 rings (SSSR count). The van der Waals surface area contributed by atoms with Crippen molar-refractivity contribution in [1.29, 1.82) is 0 Å². The van der Waals surface area contributed by atoms with Crippen LogP contribution in [0.3, 0.4) is 0 Å². The van der Waals surface area contributed by atoms with Gasteiger partial charge in [0.2, 0.25) is 5.91 Å². The molecule has 6 nitrogen and oxygen atoms in total. The summed E-state index contributed by atoms with van der Waals surface area (Å²) in [5.74, 6) is -2.77. The molecule has 118 valence electrons. The lowest BCUT2D eigenvalue weighted by Crippen LogP contribution is -2.33. The molecule has 3 N–H and O–H groups in total. The van der Waals surface area contributed by atoms with Crippen molar-refractivity contribution in [2.45, 2.75) is 32.2 Å². The van der Waals surface area contributed by atoms with Crippen LogP contribution in [-0.4, -0.2) is 28.9 Å². The number of carbonyl (C=O) groups is 3. The fraction of sp³-hybridized carbons (Fsp3) is 0.400. The standard InChI is InChI=1S/C15H17FN2O4/c1-8(19)17-13-7-9(3-5-12(13)16)14(20)18-11-4-2-10(6-11)15(21)22/h3,5,7,10-11H,2,4,6H2,1H3,(H,17,19)(H,18,20)(H,21,22)/t10-,11+/m1/s1. The first-order valence-corrected chi connectivity index (χ1v) is 6.97. The lowest BCUT2D eigenvalue weighted by molar-refractivity contribution is -0.141. The van der Waals surface area contributed by atoms with Gasteiger partial charge in [0.15, 0.2) is 0 Å². The van der Waals surface area contributed by atoms with Gasteiger partial charge in [-0.3, -0.25) is 14.4 Å². The zero-order chi connectivity index (χ0) is 16.3. The predicted molar refractivity (Wildman–Crippen MR) is 76.9 cm³/mol. The van der Waals surface area contributed by atoms with Gasteiger partial charge >= 0.3 is 5.97 Å². The minimum Gasteiger partial charge on any atom is -0.481 e. The number of rotatable bonds is 4. The summed E-state index contributed by atoms with van der Waals surface area (Å²) in [6.07, 6.45) is 1.52. The van der Waals surface area contributed by atoms with Crippen LogP contribution < -0.4 is 10.6 Å². The van der Waals surface area contributed by atoms with Crippen LogP contribution in [0.4, 0.5) is 10.1 Å². The van der Waals surface area contributed by atoms with Crippen LogP contribution in [0.25, 0.3) is 0 Å². The number of carbonyl (C=O) groups excluding carboxylic acids is 2. The van der Waals surface area contributed by atoms with E-state index in [9.17, 15) is 18.8 Å². The number of carboxylic acid groups (broad SMARTS) is 1. The molecular weight excluding hydrogens is 291 g/mol. The average molecular weight is 308 g/mol. The first kappa shape index (κ1) is 15.9. The van der Waals surface area contributed by atoms with E-state index in [1.807, 2.05) is 0 Å². The van der Waals surface area contributed by atoms with E-state index in [0.717, 1.165) is 6.07 Å². The van der Waals surface area contributed by atoms with E-state index in [2.05, 4.69) is 10.6 Å². The third-order valence-corrected chi connectivity index (χ3v) is 3.66. The van der Waals surface area contributed by atoms with E-state index in [4.69, 9.17) is 5.11 Å². The normalized spacial score (nSPS) is 20.5. The minimum atomic E-state index is -0.855. The number of amides is 2. The Hall–Kier alpha value is -2.44. The first-order chi connectivity index (χ1) is 10.4. The highest BCUT2D eigenvalue weighted by Gasteiger charge is 2.30. The van der Waals surface area contributed by atoms with Crippen molar-refractivity contribution >= 4 is 23.5 Å². The zero-order valence-electron chi connectivity index (χ0n) is 12.1. The Labute approximate surface area is 126 Å². The van der Waals surface area contributed by atoms with Gasteiger partial charge in [-0.25, -0.2) is 4.39 Å². The third kappa shape index (κ3) is 3.81. The van der Waals surface area contributed by atoms with Crippen molar-refractivity contribution in [1.82, 2.24) is 5.32 Å². The van der Waals surface area contributed by atoms with Crippen molar-refractivity contribution in [2.75, 3.05) is 5.32 Å². The highest BCUT2D eigenvalue weighted by Crippen LogP contribution is 2.26. The van der Waals surface area contributed by atoms with Crippen LogP contribution in [0.2, 0.25) is 0 Å². The molecular formula is C15H17FN2O4. The molecule has 1 aliphatic rings. The van der Waals surface area contributed by atoms with Crippen molar-refractivity contribution in [3.05, 3.63) is 29.6 Å². The molecule has 1 aromatic rings. The monoisotopic (exact) mass is 308 g/mol. The van der Waals surface area contributed by atoms with Crippen LogP contribution in [-0.2, 0) is 9.59 Å². The number of aliphatic carboxylic acids is 1. The average Bonchev–Trinajstić information content (AvgIpc) is 2.89. The molecule has 2 atom stereocenters. The molecule has 1 aromatic carbocycles. The van der Waals surface area contributed by atoms with Gasteiger partial charge in [-0.1, -0.05) is 0 Å². The SMILES string of the molecule is CC(=O)Nc1cc(C(=O)N[C@H]2CC[C@@H](C(=O)O)C2)ccc1F. The van der Waals surface area contributed by atoms with Gasteiger partial charge in [-0.05, 0) is 37.5 Å². The minimum absolute atomic E-state index is 0.0602. The maximum atomic E-state index is 13.5. The number of hydrogen-bond acceptors (Lipinski definition) is 3. The molecule has 7 heteroatoms. The highest BCUT2D eigenvalue weighted by molar-refractivity contribution is 5.97. The van der Waals surface area contributed by atoms with Crippen molar-refractivity contribution in [2.24, 2.45) is 5.92 Å². The molecule has 22 heavy (non-hydrogen) atoms. The molecule has 0 heterocycles. The van der Waals surface area contributed by atoms with Crippen LogP contribution in [0.1, 0.15) is 36.5 Å². The Morgan fingerprint density at radius 3 is 2.59 bits per heavy atom. The van der Waals surface area contributed by atoms with Crippen LogP contribution in [0.15, 0.2) is 18.2 Å². The Bertz CT molecular complexity index is 618. The smallest absolute Gasteiger partial charge is 0.306 e. The van der Waals surface area contributed by atoms with Crippen LogP contribution in [0.5, 0.6) is 0 Å². The van der Waals surface area contributed by atoms with Crippen LogP contribution >= 0.6 is 0 Å². The first-order valence-electron chi connectivity index (χ1n) is 6.97. The second-order valence-corrected chi connectivity index (χ2v) is 5.39. The Kier molecular flexibility index (Phi) is 4.75. The Balaban J connectivity index is 2.04. The Morgan fingerprint density at radius 2 is 2.00 bits per heavy atom. The van der Waals surface area contributed by atoms with Gasteiger partial charge in [0.1, 0.15) is 5.82 Å². The van der Waals surface area contributed by atoms with E-state index in [1.165, 1.54) is 19.1 Å². The lowest BCUT2D eigenvalue weighted by Gasteiger charge is -2.13. The number of benzene rings is 1. The molecule has 0 radical (unpaired) electrons. The van der Waals surface area contributed by atoms with Gasteiger partial charge in [0.05, 0.1) is 11.6 Å². The number of anilines is 1. The van der Waals surface area contributed by atoms with Crippen molar-refractivity contribution < 1.29 is 23.9 Å². The van der Waals surface area contributed by atoms with E-state index in [1.54, 1.807) is 0 Å². The summed E-state index contributed by atoms with van der Waals surface area (Å²) in [6, 6.07) is 3.48. The maximum Gasteiger partial charge on any atom is 0.306 e. The molecule has 1 aliphatic carbocycles. The summed E-state index contributed by atoms with van der Waals surface area (Å²) < 4.78 is 13.5. The highest BCUT2D eigenvalue weighted by atomic mass is 19.1. The van der Waals surface area contributed by atoms with Crippen LogP contribution in [0, 0.1) is 11.7 Å². The van der Waals surface area contributed by atoms with Gasteiger partial charge in [-0.2, -0.15) is 0 Å². The van der Waals surface area contributed by atoms with Crippen molar-refractivity contribution in [3.8, 4) is 0 Å². The topological polar surface area (TPSA) is 95.5 Å². The lowest BCUT2D eigenvalue weighted by atomic mass is 10.1. The summed E-state index contributed by atoms with van der Waals surface area (Å²) in [4.78, 5) is 34.0. The molecule has 0 saturated heterocycles. The third-order valence-electron chi connectivity index (χ3n) is 3.66. The van der Waals surface area contributed by atoms with E-state index < -0.39 is 29.5 Å². The molecule has 1 fully saturated rings. The Morgan fingerprint density at radius 1 is 1.27 bits per heavy atom. The second-order valence-electron chi connectivity index (χ2n) is 5.39. The zero-order valence-corrected chi connectivity index (χ0v) is 12.1. The van der Waals surface area contributed by atoms with E-state index >= 15 is 0 Å². The molecule has 0 spiro atoms. The predicted octanol–water partition coefficient (Wildman–Crippen LogP) is 1.77. The van der Waals surface area contributed by atoms with E-state index in [-0.39, 0.29) is 17.3 Å². The van der Waals surface area contributed by atoms with Gasteiger partial charge < -0.3 is 15.7 Å². The molecule has 0 aromatic heterocycles. The summed E-state index contributed by atoms with van der Waals surface area (Å²) >= 11 is 0. The maximum absolute atomic E-state index is 13.5. The summed E-state index contributed by atoms with van der Waals surface area (Å²) in [5.41, 5.74) is 0.152. The summed E-state index contributed by atoms with van der Waals surface area (Å²) in [6.45, 7) is 1.25. The molecule has 1 saturated carbocycles.